The zero-order valence-corrected chi connectivity index (χ0v) is 9.99. The maximum Gasteiger partial charge on any atom is 0.323 e. The van der Waals surface area contributed by atoms with Crippen molar-refractivity contribution < 1.29 is 9.58 Å². The van der Waals surface area contributed by atoms with Gasteiger partial charge in [0.15, 0.2) is 0 Å². The average Bonchev–Trinajstić information content (AvgIpc) is 2.23. The Labute approximate surface area is 97.2 Å². The minimum absolute atomic E-state index is 0.213. The van der Waals surface area contributed by atoms with Gasteiger partial charge in [0, 0.05) is 18.3 Å². The average molecular weight is 218 g/mol. The van der Waals surface area contributed by atoms with Crippen LogP contribution in [0, 0.1) is 17.3 Å². The van der Waals surface area contributed by atoms with Gasteiger partial charge in [-0.2, -0.15) is 4.79 Å². The summed E-state index contributed by atoms with van der Waals surface area (Å²) in [5.41, 5.74) is 7.69. The second-order valence-electron chi connectivity index (χ2n) is 4.20. The van der Waals surface area contributed by atoms with Crippen LogP contribution in [0.2, 0.25) is 0 Å². The van der Waals surface area contributed by atoms with Crippen molar-refractivity contribution >= 4 is 12.0 Å². The van der Waals surface area contributed by atoms with Gasteiger partial charge in [0.2, 0.25) is 5.78 Å². The van der Waals surface area contributed by atoms with E-state index in [0.717, 1.165) is 25.5 Å². The third kappa shape index (κ3) is 5.95. The highest BCUT2D eigenvalue weighted by Gasteiger charge is 2.27. The number of ketones is 1. The molecule has 0 radical (unpaired) electrons. The van der Waals surface area contributed by atoms with Crippen molar-refractivity contribution in [3.63, 3.8) is 0 Å². The number of hydrogen-bond acceptors (Lipinski definition) is 1. The molecule has 0 rings (SSSR count). The van der Waals surface area contributed by atoms with E-state index < -0.39 is 5.41 Å². The third-order valence-corrected chi connectivity index (χ3v) is 2.21. The lowest BCUT2D eigenvalue weighted by Crippen LogP contribution is -2.24. The van der Waals surface area contributed by atoms with Crippen LogP contribution in [0.25, 0.3) is 5.53 Å². The quantitative estimate of drug-likeness (QED) is 0.169. The van der Waals surface area contributed by atoms with Crippen molar-refractivity contribution in [1.29, 1.82) is 0 Å². The molecule has 0 bridgehead atoms. The molecule has 0 amide bonds. The molecule has 0 spiro atoms. The molecule has 0 unspecified atom stereocenters. The molecule has 3 heteroatoms. The molecule has 0 aromatic heterocycles. The smallest absolute Gasteiger partial charge is 0.323 e. The molecule has 0 N–H and O–H groups in total. The summed E-state index contributed by atoms with van der Waals surface area (Å²) in [6.45, 7) is 7.20. The maximum absolute atomic E-state index is 11.4. The Hall–Kier alpha value is -1.65. The second kappa shape index (κ2) is 7.62. The van der Waals surface area contributed by atoms with E-state index in [2.05, 4.69) is 23.2 Å². The monoisotopic (exact) mass is 218 g/mol. The number of rotatable bonds is 6. The van der Waals surface area contributed by atoms with Crippen LogP contribution in [0.1, 0.15) is 39.5 Å². The first-order chi connectivity index (χ1) is 7.54. The number of carbonyl (C=O) groups is 1. The van der Waals surface area contributed by atoms with E-state index in [0.29, 0.717) is 6.42 Å². The fourth-order valence-corrected chi connectivity index (χ4v) is 1.02. The molecule has 0 aromatic rings. The van der Waals surface area contributed by atoms with Crippen LogP contribution >= 0.6 is 0 Å². The van der Waals surface area contributed by atoms with Crippen LogP contribution in [0.15, 0.2) is 12.7 Å². The number of allylic oxidation sites excluding steroid dienone is 1. The first-order valence-corrected chi connectivity index (χ1v) is 5.33. The van der Waals surface area contributed by atoms with E-state index in [-0.39, 0.29) is 5.78 Å². The predicted octanol–water partition coefficient (Wildman–Crippen LogP) is 2.63. The molecular formula is C13H18N2O. The molecule has 0 aromatic carbocycles. The summed E-state index contributed by atoms with van der Waals surface area (Å²) < 4.78 is 0. The van der Waals surface area contributed by atoms with Gasteiger partial charge in [-0.15, -0.1) is 18.4 Å². The lowest BCUT2D eigenvalue weighted by atomic mass is 9.85. The van der Waals surface area contributed by atoms with Gasteiger partial charge in [-0.25, -0.2) is 0 Å². The first kappa shape index (κ1) is 14.3. The van der Waals surface area contributed by atoms with Crippen LogP contribution in [0.4, 0.5) is 0 Å². The molecule has 0 saturated heterocycles. The normalized spacial score (nSPS) is 9.62. The number of carbonyl (C=O) groups excluding carboxylic acids is 1. The summed E-state index contributed by atoms with van der Waals surface area (Å²) in [6, 6.07) is 0. The van der Waals surface area contributed by atoms with Gasteiger partial charge in [0.05, 0.1) is 0 Å². The van der Waals surface area contributed by atoms with E-state index in [9.17, 15) is 4.79 Å². The standard InChI is InChI=1S/C13H18N2O/c1-4-5-6-7-8-9-10-13(2,3)12(16)11-15-14/h4,11H,1,5-7,10H2,2-3H3. The minimum Gasteiger partial charge on any atom is -0.361 e. The topological polar surface area (TPSA) is 53.5 Å². The molecule has 0 fully saturated rings. The number of hydrogen-bond donors (Lipinski definition) is 0. The minimum atomic E-state index is -0.586. The van der Waals surface area contributed by atoms with Gasteiger partial charge < -0.3 is 5.53 Å². The SMILES string of the molecule is C=CCCCC#CCC(C)(C)C(=O)C=[N+]=[N-]. The van der Waals surface area contributed by atoms with E-state index in [1.807, 2.05) is 6.08 Å². The first-order valence-electron chi connectivity index (χ1n) is 5.33. The highest BCUT2D eigenvalue weighted by Crippen LogP contribution is 2.19. The van der Waals surface area contributed by atoms with Crippen LogP contribution in [-0.4, -0.2) is 16.8 Å². The summed E-state index contributed by atoms with van der Waals surface area (Å²) in [5, 5.41) is 0. The summed E-state index contributed by atoms with van der Waals surface area (Å²) >= 11 is 0. The molecule has 16 heavy (non-hydrogen) atoms. The maximum atomic E-state index is 11.4. The van der Waals surface area contributed by atoms with Gasteiger partial charge in [0.1, 0.15) is 0 Å². The summed E-state index contributed by atoms with van der Waals surface area (Å²) in [5.74, 6) is 5.78. The Morgan fingerprint density at radius 1 is 1.50 bits per heavy atom. The fraction of sp³-hybridized carbons (Fsp3) is 0.538. The molecule has 3 nitrogen and oxygen atoms in total. The van der Waals surface area contributed by atoms with Crippen LogP contribution in [-0.2, 0) is 4.79 Å². The van der Waals surface area contributed by atoms with E-state index >= 15 is 0 Å². The largest absolute Gasteiger partial charge is 0.361 e. The molecular weight excluding hydrogens is 200 g/mol. The van der Waals surface area contributed by atoms with Gasteiger partial charge in [-0.1, -0.05) is 19.9 Å². The molecule has 0 aliphatic carbocycles. The van der Waals surface area contributed by atoms with Gasteiger partial charge in [-0.3, -0.25) is 4.79 Å². The van der Waals surface area contributed by atoms with Crippen molar-refractivity contribution in [2.24, 2.45) is 5.41 Å². The van der Waals surface area contributed by atoms with E-state index in [4.69, 9.17) is 5.53 Å². The van der Waals surface area contributed by atoms with Crippen LogP contribution < -0.4 is 0 Å². The van der Waals surface area contributed by atoms with Crippen molar-refractivity contribution in [3.05, 3.63) is 18.2 Å². The highest BCUT2D eigenvalue weighted by atomic mass is 16.1. The second-order valence-corrected chi connectivity index (χ2v) is 4.20. The zero-order chi connectivity index (χ0) is 12.4. The predicted molar refractivity (Wildman–Crippen MR) is 64.9 cm³/mol. The van der Waals surface area contributed by atoms with Crippen molar-refractivity contribution in [3.8, 4) is 11.8 Å². The van der Waals surface area contributed by atoms with Gasteiger partial charge in [-0.05, 0) is 12.8 Å². The molecule has 0 aliphatic rings. The zero-order valence-electron chi connectivity index (χ0n) is 9.99. The molecule has 0 heterocycles. The van der Waals surface area contributed by atoms with E-state index in [1.165, 1.54) is 0 Å². The number of unbranched alkanes of at least 4 members (excludes halogenated alkanes) is 2. The summed E-state index contributed by atoms with van der Waals surface area (Å²) in [7, 11) is 0. The van der Waals surface area contributed by atoms with Gasteiger partial charge in [0.25, 0.3) is 0 Å². The summed E-state index contributed by atoms with van der Waals surface area (Å²) in [6.07, 6.45) is 6.07. The van der Waals surface area contributed by atoms with Crippen LogP contribution in [0.3, 0.4) is 0 Å². The molecule has 0 saturated carbocycles. The molecule has 86 valence electrons. The van der Waals surface area contributed by atoms with Crippen LogP contribution in [0.5, 0.6) is 0 Å². The molecule has 0 aliphatic heterocycles. The van der Waals surface area contributed by atoms with Crippen molar-refractivity contribution in [2.75, 3.05) is 0 Å². The van der Waals surface area contributed by atoms with E-state index in [1.54, 1.807) is 13.8 Å². The number of Topliss-reactive ketones (excluding diaryl/α,β-unsaturated/α-hetero) is 1. The Morgan fingerprint density at radius 2 is 2.19 bits per heavy atom. The fourth-order valence-electron chi connectivity index (χ4n) is 1.02. The van der Waals surface area contributed by atoms with Crippen molar-refractivity contribution in [2.45, 2.75) is 39.5 Å². The summed E-state index contributed by atoms with van der Waals surface area (Å²) in [4.78, 5) is 14.2. The highest BCUT2D eigenvalue weighted by molar-refractivity contribution is 6.27. The Kier molecular flexibility index (Phi) is 6.83. The Balaban J connectivity index is 4.11. The number of nitrogens with zero attached hydrogens (tertiary/aromatic N) is 2. The third-order valence-electron chi connectivity index (χ3n) is 2.21. The molecule has 0 atom stereocenters. The Morgan fingerprint density at radius 3 is 2.75 bits per heavy atom. The lowest BCUT2D eigenvalue weighted by molar-refractivity contribution is -0.123. The Bertz CT molecular complexity index is 352. The van der Waals surface area contributed by atoms with Crippen molar-refractivity contribution in [1.82, 2.24) is 0 Å². The van der Waals surface area contributed by atoms with Gasteiger partial charge >= 0.3 is 6.21 Å². The lowest BCUT2D eigenvalue weighted by Gasteiger charge is -2.14.